The SMILES string of the molecule is Cc1nn(C)c(Cl)c1/C=C/C(=O)OCc1noc(-c2ccsc2)n1. The first-order valence-electron chi connectivity index (χ1n) is 6.93. The number of esters is 1. The lowest BCUT2D eigenvalue weighted by molar-refractivity contribution is -0.139. The van der Waals surface area contributed by atoms with Gasteiger partial charge in [0.15, 0.2) is 6.61 Å². The van der Waals surface area contributed by atoms with Crippen molar-refractivity contribution in [3.8, 4) is 11.5 Å². The fourth-order valence-electron chi connectivity index (χ4n) is 1.99. The summed E-state index contributed by atoms with van der Waals surface area (Å²) >= 11 is 7.62. The van der Waals surface area contributed by atoms with Crippen molar-refractivity contribution in [1.29, 1.82) is 0 Å². The van der Waals surface area contributed by atoms with Gasteiger partial charge in [0.25, 0.3) is 5.89 Å². The van der Waals surface area contributed by atoms with Crippen molar-refractivity contribution in [2.45, 2.75) is 13.5 Å². The molecular weight excluding hydrogens is 352 g/mol. The number of aromatic nitrogens is 4. The van der Waals surface area contributed by atoms with Crippen LogP contribution in [-0.2, 0) is 23.2 Å². The van der Waals surface area contributed by atoms with E-state index in [1.807, 2.05) is 23.8 Å². The van der Waals surface area contributed by atoms with Gasteiger partial charge in [-0.25, -0.2) is 4.79 Å². The molecule has 0 aliphatic carbocycles. The first-order chi connectivity index (χ1) is 11.5. The van der Waals surface area contributed by atoms with Gasteiger partial charge in [0.2, 0.25) is 5.82 Å². The Morgan fingerprint density at radius 1 is 1.54 bits per heavy atom. The molecule has 124 valence electrons. The van der Waals surface area contributed by atoms with Crippen LogP contribution in [0.25, 0.3) is 17.5 Å². The van der Waals surface area contributed by atoms with Crippen LogP contribution in [0.2, 0.25) is 5.15 Å². The third-order valence-corrected chi connectivity index (χ3v) is 4.29. The minimum atomic E-state index is -0.531. The number of carbonyl (C=O) groups excluding carboxylic acids is 1. The summed E-state index contributed by atoms with van der Waals surface area (Å²) in [5.74, 6) is 0.167. The molecule has 3 rings (SSSR count). The summed E-state index contributed by atoms with van der Waals surface area (Å²) in [4.78, 5) is 16.0. The van der Waals surface area contributed by atoms with Crippen molar-refractivity contribution < 1.29 is 14.1 Å². The van der Waals surface area contributed by atoms with E-state index in [9.17, 15) is 4.79 Å². The molecule has 0 aromatic carbocycles. The Balaban J connectivity index is 1.59. The van der Waals surface area contributed by atoms with Crippen LogP contribution in [0.1, 0.15) is 17.1 Å². The molecule has 0 bridgehead atoms. The Bertz CT molecular complexity index is 883. The van der Waals surface area contributed by atoms with Crippen LogP contribution >= 0.6 is 22.9 Å². The quantitative estimate of drug-likeness (QED) is 0.510. The number of halogens is 1. The average molecular weight is 365 g/mol. The second-order valence-corrected chi connectivity index (χ2v) is 6.02. The van der Waals surface area contributed by atoms with Gasteiger partial charge in [0.05, 0.1) is 11.3 Å². The van der Waals surface area contributed by atoms with Crippen LogP contribution in [0, 0.1) is 6.92 Å². The maximum atomic E-state index is 11.8. The zero-order chi connectivity index (χ0) is 17.1. The summed E-state index contributed by atoms with van der Waals surface area (Å²) in [7, 11) is 1.73. The van der Waals surface area contributed by atoms with E-state index in [0.29, 0.717) is 22.4 Å². The van der Waals surface area contributed by atoms with E-state index >= 15 is 0 Å². The molecule has 0 atom stereocenters. The number of thiophene rings is 1. The van der Waals surface area contributed by atoms with Gasteiger partial charge < -0.3 is 9.26 Å². The fraction of sp³-hybridized carbons (Fsp3) is 0.200. The summed E-state index contributed by atoms with van der Waals surface area (Å²) in [6, 6.07) is 1.87. The fourth-order valence-corrected chi connectivity index (χ4v) is 2.85. The maximum Gasteiger partial charge on any atom is 0.331 e. The number of nitrogens with zero attached hydrogens (tertiary/aromatic N) is 4. The normalized spacial score (nSPS) is 11.3. The third kappa shape index (κ3) is 3.55. The monoisotopic (exact) mass is 364 g/mol. The summed E-state index contributed by atoms with van der Waals surface area (Å²) in [5.41, 5.74) is 2.24. The molecule has 0 N–H and O–H groups in total. The van der Waals surface area contributed by atoms with Crippen molar-refractivity contribution in [3.05, 3.63) is 45.1 Å². The predicted molar refractivity (Wildman–Crippen MR) is 89.4 cm³/mol. The number of hydrogen-bond donors (Lipinski definition) is 0. The number of carbonyl (C=O) groups is 1. The van der Waals surface area contributed by atoms with E-state index in [0.717, 1.165) is 11.3 Å². The smallest absolute Gasteiger partial charge is 0.331 e. The number of rotatable bonds is 5. The molecule has 0 aliphatic heterocycles. The summed E-state index contributed by atoms with van der Waals surface area (Å²) in [6.45, 7) is 1.73. The van der Waals surface area contributed by atoms with Gasteiger partial charge >= 0.3 is 5.97 Å². The lowest BCUT2D eigenvalue weighted by Gasteiger charge is -1.97. The van der Waals surface area contributed by atoms with Crippen LogP contribution in [-0.4, -0.2) is 25.9 Å². The Morgan fingerprint density at radius 3 is 3.04 bits per heavy atom. The highest BCUT2D eigenvalue weighted by molar-refractivity contribution is 7.08. The van der Waals surface area contributed by atoms with E-state index in [2.05, 4.69) is 15.2 Å². The van der Waals surface area contributed by atoms with E-state index < -0.39 is 5.97 Å². The molecule has 7 nitrogen and oxygen atoms in total. The molecule has 0 saturated heterocycles. The van der Waals surface area contributed by atoms with Crippen LogP contribution in [0.3, 0.4) is 0 Å². The molecule has 0 fully saturated rings. The molecule has 0 spiro atoms. The van der Waals surface area contributed by atoms with E-state index in [-0.39, 0.29) is 6.61 Å². The van der Waals surface area contributed by atoms with Gasteiger partial charge in [-0.2, -0.15) is 21.4 Å². The topological polar surface area (TPSA) is 83.0 Å². The Hall–Kier alpha value is -2.45. The molecular formula is C15H13ClN4O3S. The molecule has 3 aromatic rings. The van der Waals surface area contributed by atoms with Crippen molar-refractivity contribution >= 4 is 35.0 Å². The lowest BCUT2D eigenvalue weighted by atomic mass is 10.2. The average Bonchev–Trinajstić information content (AvgIpc) is 3.27. The van der Waals surface area contributed by atoms with E-state index in [1.165, 1.54) is 22.1 Å². The number of hydrogen-bond acceptors (Lipinski definition) is 7. The first-order valence-corrected chi connectivity index (χ1v) is 8.25. The third-order valence-electron chi connectivity index (χ3n) is 3.16. The molecule has 0 saturated carbocycles. The van der Waals surface area contributed by atoms with Gasteiger partial charge in [-0.05, 0) is 24.4 Å². The van der Waals surface area contributed by atoms with Crippen molar-refractivity contribution in [2.24, 2.45) is 7.05 Å². The maximum absolute atomic E-state index is 11.8. The Labute approximate surface area is 146 Å². The molecule has 0 unspecified atom stereocenters. The molecule has 0 amide bonds. The Kier molecular flexibility index (Phi) is 4.77. The Morgan fingerprint density at radius 2 is 2.38 bits per heavy atom. The van der Waals surface area contributed by atoms with Crippen LogP contribution < -0.4 is 0 Å². The highest BCUT2D eigenvalue weighted by Crippen LogP contribution is 2.21. The van der Waals surface area contributed by atoms with Gasteiger partial charge in [0.1, 0.15) is 5.15 Å². The van der Waals surface area contributed by atoms with Crippen LogP contribution in [0.4, 0.5) is 0 Å². The van der Waals surface area contributed by atoms with Crippen LogP contribution in [0.15, 0.2) is 27.4 Å². The lowest BCUT2D eigenvalue weighted by Crippen LogP contribution is -2.02. The molecule has 0 aliphatic rings. The second-order valence-electron chi connectivity index (χ2n) is 4.88. The molecule has 3 heterocycles. The summed E-state index contributed by atoms with van der Waals surface area (Å²) in [6.07, 6.45) is 2.86. The highest BCUT2D eigenvalue weighted by atomic mass is 35.5. The van der Waals surface area contributed by atoms with Gasteiger partial charge in [0, 0.05) is 24.1 Å². The van der Waals surface area contributed by atoms with Crippen molar-refractivity contribution in [3.63, 3.8) is 0 Å². The molecule has 3 aromatic heterocycles. The molecule has 0 radical (unpaired) electrons. The van der Waals surface area contributed by atoms with E-state index in [1.54, 1.807) is 13.1 Å². The van der Waals surface area contributed by atoms with Gasteiger partial charge in [-0.1, -0.05) is 16.8 Å². The molecule has 24 heavy (non-hydrogen) atoms. The van der Waals surface area contributed by atoms with Crippen molar-refractivity contribution in [2.75, 3.05) is 0 Å². The summed E-state index contributed by atoms with van der Waals surface area (Å²) in [5, 5.41) is 12.2. The standard InChI is InChI=1S/C15H13ClN4O3S/c1-9-11(14(16)20(2)18-9)3-4-13(21)22-7-12-17-15(23-19-12)10-5-6-24-8-10/h3-6,8H,7H2,1-2H3/b4-3+. The predicted octanol–water partition coefficient (Wildman–Crippen LogP) is 3.25. The number of aryl methyl sites for hydroxylation is 2. The first kappa shape index (κ1) is 16.4. The number of ether oxygens (including phenoxy) is 1. The van der Waals surface area contributed by atoms with Gasteiger partial charge in [-0.15, -0.1) is 0 Å². The molecule has 9 heteroatoms. The zero-order valence-corrected chi connectivity index (χ0v) is 14.5. The minimum absolute atomic E-state index is 0.0729. The highest BCUT2D eigenvalue weighted by Gasteiger charge is 2.11. The van der Waals surface area contributed by atoms with E-state index in [4.69, 9.17) is 20.9 Å². The van der Waals surface area contributed by atoms with Crippen LogP contribution in [0.5, 0.6) is 0 Å². The minimum Gasteiger partial charge on any atom is -0.454 e. The zero-order valence-electron chi connectivity index (χ0n) is 12.9. The van der Waals surface area contributed by atoms with Gasteiger partial charge in [-0.3, -0.25) is 4.68 Å². The summed E-state index contributed by atoms with van der Waals surface area (Å²) < 4.78 is 11.7. The van der Waals surface area contributed by atoms with Crippen molar-refractivity contribution in [1.82, 2.24) is 19.9 Å². The largest absolute Gasteiger partial charge is 0.454 e. The second kappa shape index (κ2) is 6.98.